The van der Waals surface area contributed by atoms with Gasteiger partial charge in [-0.15, -0.1) is 0 Å². The molecule has 0 unspecified atom stereocenters. The highest BCUT2D eigenvalue weighted by Crippen LogP contribution is 2.59. The number of hydrogen-bond acceptors (Lipinski definition) is 3. The predicted molar refractivity (Wildman–Crippen MR) is 96.2 cm³/mol. The Hall–Kier alpha value is -2.36. The van der Waals surface area contributed by atoms with E-state index in [2.05, 4.69) is 48.2 Å². The van der Waals surface area contributed by atoms with Gasteiger partial charge in [-0.25, -0.2) is 4.98 Å². The van der Waals surface area contributed by atoms with E-state index in [1.165, 1.54) is 5.56 Å². The normalized spacial score (nSPS) is 24.8. The van der Waals surface area contributed by atoms with Crippen LogP contribution in [0.15, 0.2) is 47.3 Å². The van der Waals surface area contributed by atoms with Crippen molar-refractivity contribution in [3.05, 3.63) is 69.8 Å². The zero-order valence-electron chi connectivity index (χ0n) is 14.4. The average molecular weight is 321 g/mol. The van der Waals surface area contributed by atoms with Crippen molar-refractivity contribution in [1.29, 1.82) is 0 Å². The van der Waals surface area contributed by atoms with Crippen molar-refractivity contribution in [1.82, 2.24) is 9.55 Å². The number of allylic oxidation sites excluding steroid dienone is 2. The van der Waals surface area contributed by atoms with Gasteiger partial charge in [0.1, 0.15) is 11.6 Å². The van der Waals surface area contributed by atoms with Crippen LogP contribution in [0.25, 0.3) is 0 Å². The van der Waals surface area contributed by atoms with Crippen molar-refractivity contribution in [3.8, 4) is 0 Å². The van der Waals surface area contributed by atoms with Crippen LogP contribution in [0.2, 0.25) is 0 Å². The lowest BCUT2D eigenvalue weighted by Crippen LogP contribution is -2.36. The standard InChI is InChI=1S/C20H23N3O/c1-4-8-15-16-12-23(11-14-9-6-5-7-10-14)19-18(17(15)16)20(24)22(3)13(2)21-19/h4-10,15-17H,11-12H2,1-3H3/b8-4+/t15-,16-,17+/m0/s1. The molecule has 4 heteroatoms. The molecule has 2 aromatic rings. The second kappa shape index (κ2) is 5.62. The van der Waals surface area contributed by atoms with E-state index >= 15 is 0 Å². The lowest BCUT2D eigenvalue weighted by Gasteiger charge is -2.30. The van der Waals surface area contributed by atoms with Crippen molar-refractivity contribution in [2.24, 2.45) is 18.9 Å². The minimum absolute atomic E-state index is 0.122. The van der Waals surface area contributed by atoms with Gasteiger partial charge in [0, 0.05) is 26.1 Å². The van der Waals surface area contributed by atoms with Crippen LogP contribution in [0.5, 0.6) is 0 Å². The third kappa shape index (κ3) is 2.29. The monoisotopic (exact) mass is 321 g/mol. The topological polar surface area (TPSA) is 38.1 Å². The number of anilines is 1. The maximum Gasteiger partial charge on any atom is 0.258 e. The molecule has 0 spiro atoms. The highest BCUT2D eigenvalue weighted by molar-refractivity contribution is 5.56. The molecule has 0 saturated heterocycles. The zero-order valence-corrected chi connectivity index (χ0v) is 14.4. The molecule has 1 aliphatic carbocycles. The number of aryl methyl sites for hydroxylation is 1. The Morgan fingerprint density at radius 2 is 2.04 bits per heavy atom. The van der Waals surface area contributed by atoms with E-state index in [9.17, 15) is 4.79 Å². The van der Waals surface area contributed by atoms with Gasteiger partial charge in [0.25, 0.3) is 5.56 Å². The third-order valence-electron chi connectivity index (χ3n) is 5.45. The lowest BCUT2D eigenvalue weighted by molar-refractivity contribution is 0.633. The van der Waals surface area contributed by atoms with E-state index in [0.29, 0.717) is 17.8 Å². The summed E-state index contributed by atoms with van der Waals surface area (Å²) < 4.78 is 1.69. The Kier molecular flexibility index (Phi) is 3.56. The Balaban J connectivity index is 1.79. The van der Waals surface area contributed by atoms with Crippen LogP contribution < -0.4 is 10.5 Å². The van der Waals surface area contributed by atoms with Crippen LogP contribution in [0.1, 0.15) is 29.8 Å². The first-order chi connectivity index (χ1) is 11.6. The Labute approximate surface area is 142 Å². The van der Waals surface area contributed by atoms with Crippen molar-refractivity contribution in [2.75, 3.05) is 11.4 Å². The first-order valence-corrected chi connectivity index (χ1v) is 8.61. The minimum atomic E-state index is 0.122. The van der Waals surface area contributed by atoms with E-state index in [-0.39, 0.29) is 5.56 Å². The molecule has 0 radical (unpaired) electrons. The number of nitrogens with zero attached hydrogens (tertiary/aromatic N) is 3. The molecule has 1 aliphatic heterocycles. The summed E-state index contributed by atoms with van der Waals surface area (Å²) >= 11 is 0. The van der Waals surface area contributed by atoms with Gasteiger partial charge in [0.05, 0.1) is 5.56 Å². The molecule has 0 bridgehead atoms. The molecule has 1 aromatic heterocycles. The van der Waals surface area contributed by atoms with Gasteiger partial charge < -0.3 is 4.90 Å². The molecule has 4 nitrogen and oxygen atoms in total. The molecule has 24 heavy (non-hydrogen) atoms. The zero-order chi connectivity index (χ0) is 16.8. The van der Waals surface area contributed by atoms with Gasteiger partial charge in [-0.2, -0.15) is 0 Å². The Bertz CT molecular complexity index is 853. The summed E-state index contributed by atoms with van der Waals surface area (Å²) in [4.78, 5) is 20.0. The molecule has 0 N–H and O–H groups in total. The number of rotatable bonds is 3. The highest BCUT2D eigenvalue weighted by Gasteiger charge is 2.55. The molecule has 2 aliphatic rings. The average Bonchev–Trinajstić information content (AvgIpc) is 3.26. The second-order valence-corrected chi connectivity index (χ2v) is 6.92. The fraction of sp³-hybridized carbons (Fsp3) is 0.400. The van der Waals surface area contributed by atoms with Gasteiger partial charge in [-0.1, -0.05) is 42.5 Å². The molecule has 4 rings (SSSR count). The number of benzene rings is 1. The predicted octanol–water partition coefficient (Wildman–Crippen LogP) is 3.01. The quantitative estimate of drug-likeness (QED) is 0.816. The minimum Gasteiger partial charge on any atom is -0.352 e. The summed E-state index contributed by atoms with van der Waals surface area (Å²) in [7, 11) is 1.82. The molecular formula is C20H23N3O. The van der Waals surface area contributed by atoms with Crippen molar-refractivity contribution >= 4 is 5.82 Å². The third-order valence-corrected chi connectivity index (χ3v) is 5.45. The van der Waals surface area contributed by atoms with E-state index < -0.39 is 0 Å². The summed E-state index contributed by atoms with van der Waals surface area (Å²) in [5.74, 6) is 3.03. The van der Waals surface area contributed by atoms with E-state index in [4.69, 9.17) is 4.98 Å². The Morgan fingerprint density at radius 3 is 2.75 bits per heavy atom. The number of hydrogen-bond donors (Lipinski definition) is 0. The molecule has 124 valence electrons. The molecule has 2 heterocycles. The van der Waals surface area contributed by atoms with Gasteiger partial charge in [0.15, 0.2) is 0 Å². The van der Waals surface area contributed by atoms with E-state index in [1.807, 2.05) is 20.0 Å². The fourth-order valence-corrected chi connectivity index (χ4v) is 4.06. The van der Waals surface area contributed by atoms with Crippen LogP contribution in [0, 0.1) is 18.8 Å². The first kappa shape index (κ1) is 15.2. The van der Waals surface area contributed by atoms with Crippen molar-refractivity contribution in [3.63, 3.8) is 0 Å². The summed E-state index contributed by atoms with van der Waals surface area (Å²) in [5, 5.41) is 0. The van der Waals surface area contributed by atoms with Crippen LogP contribution in [-0.4, -0.2) is 16.1 Å². The van der Waals surface area contributed by atoms with E-state index in [0.717, 1.165) is 30.3 Å². The Morgan fingerprint density at radius 1 is 1.29 bits per heavy atom. The van der Waals surface area contributed by atoms with Crippen LogP contribution in [0.4, 0.5) is 5.82 Å². The van der Waals surface area contributed by atoms with Crippen LogP contribution in [-0.2, 0) is 13.6 Å². The van der Waals surface area contributed by atoms with Gasteiger partial charge >= 0.3 is 0 Å². The van der Waals surface area contributed by atoms with Gasteiger partial charge in [-0.3, -0.25) is 9.36 Å². The molecular weight excluding hydrogens is 298 g/mol. The molecule has 1 aromatic carbocycles. The molecule has 1 fully saturated rings. The SMILES string of the molecule is C/C=C/[C@H]1[C@@H]2CN(Cc3ccccc3)c3nc(C)n(C)c(=O)c3[C@H]12. The van der Waals surface area contributed by atoms with Crippen LogP contribution in [0.3, 0.4) is 0 Å². The maximum absolute atomic E-state index is 12.9. The first-order valence-electron chi connectivity index (χ1n) is 8.61. The van der Waals surface area contributed by atoms with Crippen LogP contribution >= 0.6 is 0 Å². The lowest BCUT2D eigenvalue weighted by atomic mass is 10.1. The number of aromatic nitrogens is 2. The summed E-state index contributed by atoms with van der Waals surface area (Å²) in [6.45, 7) is 5.74. The fourth-order valence-electron chi connectivity index (χ4n) is 4.06. The van der Waals surface area contributed by atoms with E-state index in [1.54, 1.807) is 4.57 Å². The molecule has 3 atom stereocenters. The van der Waals surface area contributed by atoms with Crippen molar-refractivity contribution in [2.45, 2.75) is 26.3 Å². The largest absolute Gasteiger partial charge is 0.352 e. The maximum atomic E-state index is 12.9. The molecule has 1 saturated carbocycles. The van der Waals surface area contributed by atoms with Gasteiger partial charge in [0.2, 0.25) is 0 Å². The molecule has 0 amide bonds. The summed E-state index contributed by atoms with van der Waals surface area (Å²) in [6.07, 6.45) is 4.36. The highest BCUT2D eigenvalue weighted by atomic mass is 16.1. The van der Waals surface area contributed by atoms with Crippen molar-refractivity contribution < 1.29 is 0 Å². The second-order valence-electron chi connectivity index (χ2n) is 6.92. The summed E-state index contributed by atoms with van der Waals surface area (Å²) in [6, 6.07) is 10.4. The number of fused-ring (bicyclic) bond motifs is 3. The smallest absolute Gasteiger partial charge is 0.258 e. The van der Waals surface area contributed by atoms with Gasteiger partial charge in [-0.05, 0) is 31.2 Å². The summed E-state index contributed by atoms with van der Waals surface area (Å²) in [5.41, 5.74) is 2.29.